The highest BCUT2D eigenvalue weighted by Crippen LogP contribution is 2.14. The van der Waals surface area contributed by atoms with Crippen LogP contribution in [0.2, 0.25) is 0 Å². The predicted octanol–water partition coefficient (Wildman–Crippen LogP) is 2.92. The minimum absolute atomic E-state index is 0.0618. The highest BCUT2D eigenvalue weighted by molar-refractivity contribution is 7.86. The van der Waals surface area contributed by atoms with E-state index in [4.69, 9.17) is 4.18 Å². The van der Waals surface area contributed by atoms with Gasteiger partial charge >= 0.3 is 6.18 Å². The summed E-state index contributed by atoms with van der Waals surface area (Å²) < 4.78 is 63.8. The van der Waals surface area contributed by atoms with Crippen LogP contribution in [0, 0.1) is 11.8 Å². The van der Waals surface area contributed by atoms with E-state index < -0.39 is 22.4 Å². The van der Waals surface area contributed by atoms with Gasteiger partial charge in [0.2, 0.25) is 0 Å². The SMILES string of the molecule is CCS(=O)(=O)OC(C#CC(F)(F)F)CCc1ccccc1. The van der Waals surface area contributed by atoms with Crippen LogP contribution in [-0.4, -0.2) is 26.5 Å². The molecule has 21 heavy (non-hydrogen) atoms. The van der Waals surface area contributed by atoms with E-state index >= 15 is 0 Å². The van der Waals surface area contributed by atoms with Crippen molar-refractivity contribution in [2.45, 2.75) is 32.0 Å². The molecular weight excluding hydrogens is 305 g/mol. The molecule has 116 valence electrons. The van der Waals surface area contributed by atoms with Crippen LogP contribution in [0.4, 0.5) is 13.2 Å². The number of aryl methyl sites for hydroxylation is 1. The molecule has 0 fully saturated rings. The van der Waals surface area contributed by atoms with Crippen LogP contribution in [0.5, 0.6) is 0 Å². The lowest BCUT2D eigenvalue weighted by molar-refractivity contribution is -0.0699. The second kappa shape index (κ2) is 7.48. The van der Waals surface area contributed by atoms with Crippen molar-refractivity contribution in [3.05, 3.63) is 35.9 Å². The summed E-state index contributed by atoms with van der Waals surface area (Å²) in [6, 6.07) is 8.97. The molecule has 1 unspecified atom stereocenters. The maximum absolute atomic E-state index is 12.1. The van der Waals surface area contributed by atoms with Crippen LogP contribution >= 0.6 is 0 Å². The fraction of sp³-hybridized carbons (Fsp3) is 0.429. The zero-order valence-corrected chi connectivity index (χ0v) is 12.2. The van der Waals surface area contributed by atoms with Crippen molar-refractivity contribution >= 4 is 10.1 Å². The summed E-state index contributed by atoms with van der Waals surface area (Å²) in [6.07, 6.45) is -5.55. The predicted molar refractivity (Wildman–Crippen MR) is 72.9 cm³/mol. The van der Waals surface area contributed by atoms with Gasteiger partial charge in [-0.25, -0.2) is 0 Å². The van der Waals surface area contributed by atoms with Gasteiger partial charge in [-0.2, -0.15) is 21.6 Å². The van der Waals surface area contributed by atoms with E-state index in [1.54, 1.807) is 24.3 Å². The molecule has 0 saturated carbocycles. The molecule has 0 N–H and O–H groups in total. The van der Waals surface area contributed by atoms with Crippen LogP contribution in [-0.2, 0) is 20.7 Å². The number of alkyl halides is 3. The summed E-state index contributed by atoms with van der Waals surface area (Å²) in [5.41, 5.74) is 0.869. The Morgan fingerprint density at radius 3 is 2.38 bits per heavy atom. The van der Waals surface area contributed by atoms with Crippen molar-refractivity contribution in [2.75, 3.05) is 5.75 Å². The van der Waals surface area contributed by atoms with E-state index in [0.717, 1.165) is 11.5 Å². The average molecular weight is 320 g/mol. The zero-order chi connectivity index (χ0) is 15.9. The Morgan fingerprint density at radius 2 is 1.86 bits per heavy atom. The smallest absolute Gasteiger partial charge is 0.254 e. The van der Waals surface area contributed by atoms with Gasteiger partial charge in [0.1, 0.15) is 6.10 Å². The van der Waals surface area contributed by atoms with E-state index in [2.05, 4.69) is 0 Å². The van der Waals surface area contributed by atoms with Crippen molar-refractivity contribution in [1.29, 1.82) is 0 Å². The van der Waals surface area contributed by atoms with E-state index in [9.17, 15) is 21.6 Å². The molecule has 0 aliphatic carbocycles. The fourth-order valence-corrected chi connectivity index (χ4v) is 2.13. The van der Waals surface area contributed by atoms with Crippen molar-refractivity contribution in [2.24, 2.45) is 0 Å². The second-order valence-corrected chi connectivity index (χ2v) is 6.11. The van der Waals surface area contributed by atoms with Crippen LogP contribution in [0.15, 0.2) is 30.3 Å². The zero-order valence-electron chi connectivity index (χ0n) is 11.4. The Morgan fingerprint density at radius 1 is 1.24 bits per heavy atom. The third kappa shape index (κ3) is 7.73. The molecule has 0 aliphatic heterocycles. The molecular formula is C14H15F3O3S. The summed E-state index contributed by atoms with van der Waals surface area (Å²) in [6.45, 7) is 1.35. The highest BCUT2D eigenvalue weighted by atomic mass is 32.2. The second-order valence-electron chi connectivity index (χ2n) is 4.22. The molecule has 0 amide bonds. The lowest BCUT2D eigenvalue weighted by Crippen LogP contribution is -2.20. The summed E-state index contributed by atoms with van der Waals surface area (Å²) in [5, 5.41) is 0. The molecule has 1 rings (SSSR count). The molecule has 7 heteroatoms. The van der Waals surface area contributed by atoms with Gasteiger partial charge in [0.05, 0.1) is 5.75 Å². The number of halogens is 3. The molecule has 0 saturated heterocycles. The molecule has 0 spiro atoms. The average Bonchev–Trinajstić information content (AvgIpc) is 2.42. The van der Waals surface area contributed by atoms with Crippen molar-refractivity contribution in [3.63, 3.8) is 0 Å². The third-order valence-corrected chi connectivity index (χ3v) is 3.76. The van der Waals surface area contributed by atoms with Crippen molar-refractivity contribution < 1.29 is 25.8 Å². The van der Waals surface area contributed by atoms with Gasteiger partial charge in [-0.3, -0.25) is 4.18 Å². The van der Waals surface area contributed by atoms with Crippen LogP contribution in [0.1, 0.15) is 18.9 Å². The van der Waals surface area contributed by atoms with Crippen LogP contribution in [0.25, 0.3) is 0 Å². The first-order valence-electron chi connectivity index (χ1n) is 6.26. The van der Waals surface area contributed by atoms with Gasteiger partial charge in [-0.05, 0) is 25.3 Å². The minimum atomic E-state index is -4.68. The number of benzene rings is 1. The first-order valence-corrected chi connectivity index (χ1v) is 7.84. The van der Waals surface area contributed by atoms with Crippen LogP contribution in [0.3, 0.4) is 0 Å². The van der Waals surface area contributed by atoms with Gasteiger partial charge in [0, 0.05) is 5.92 Å². The molecule has 0 radical (unpaired) electrons. The Hall–Kier alpha value is -1.52. The quantitative estimate of drug-likeness (QED) is 0.598. The molecule has 1 aromatic carbocycles. The molecule has 3 nitrogen and oxygen atoms in total. The normalized spacial score (nSPS) is 13.3. The molecule has 0 heterocycles. The maximum atomic E-state index is 12.1. The summed E-state index contributed by atoms with van der Waals surface area (Å²) in [4.78, 5) is 0. The molecule has 0 aliphatic rings. The Kier molecular flexibility index (Phi) is 6.24. The van der Waals surface area contributed by atoms with Gasteiger partial charge in [-0.15, -0.1) is 0 Å². The van der Waals surface area contributed by atoms with E-state index in [0.29, 0.717) is 6.42 Å². The Labute approximate surface area is 122 Å². The first kappa shape index (κ1) is 17.5. The summed E-state index contributed by atoms with van der Waals surface area (Å²) in [5.74, 6) is 2.59. The van der Waals surface area contributed by atoms with Gasteiger partial charge in [-0.1, -0.05) is 36.3 Å². The molecule has 0 aromatic heterocycles. The largest absolute Gasteiger partial charge is 0.457 e. The first-order chi connectivity index (χ1) is 9.72. The number of hydrogen-bond acceptors (Lipinski definition) is 3. The Bertz CT molecular complexity index is 598. The third-order valence-electron chi connectivity index (χ3n) is 2.53. The number of hydrogen-bond donors (Lipinski definition) is 0. The van der Waals surface area contributed by atoms with Gasteiger partial charge in [0.25, 0.3) is 10.1 Å². The van der Waals surface area contributed by atoms with E-state index in [-0.39, 0.29) is 12.2 Å². The van der Waals surface area contributed by atoms with E-state index in [1.807, 2.05) is 12.0 Å². The lowest BCUT2D eigenvalue weighted by Gasteiger charge is -2.11. The van der Waals surface area contributed by atoms with Crippen LogP contribution < -0.4 is 0 Å². The standard InChI is InChI=1S/C14H15F3O3S/c1-2-21(18,19)20-13(10-11-14(15,16)17)9-8-12-6-4-3-5-7-12/h3-7,13H,2,8-9H2,1H3. The van der Waals surface area contributed by atoms with Gasteiger partial charge in [0.15, 0.2) is 0 Å². The van der Waals surface area contributed by atoms with Gasteiger partial charge < -0.3 is 0 Å². The summed E-state index contributed by atoms with van der Waals surface area (Å²) >= 11 is 0. The number of rotatable bonds is 6. The molecule has 0 bridgehead atoms. The minimum Gasteiger partial charge on any atom is -0.254 e. The molecule has 1 aromatic rings. The summed E-state index contributed by atoms with van der Waals surface area (Å²) in [7, 11) is -3.86. The maximum Gasteiger partial charge on any atom is 0.457 e. The lowest BCUT2D eigenvalue weighted by atomic mass is 10.1. The van der Waals surface area contributed by atoms with Crippen molar-refractivity contribution in [1.82, 2.24) is 0 Å². The molecule has 1 atom stereocenters. The fourth-order valence-electron chi connectivity index (χ4n) is 1.49. The van der Waals surface area contributed by atoms with Crippen molar-refractivity contribution in [3.8, 4) is 11.8 Å². The topological polar surface area (TPSA) is 43.4 Å². The van der Waals surface area contributed by atoms with E-state index in [1.165, 1.54) is 6.92 Å². The monoisotopic (exact) mass is 320 g/mol. The Balaban J connectivity index is 2.79. The highest BCUT2D eigenvalue weighted by Gasteiger charge is 2.24.